The lowest BCUT2D eigenvalue weighted by atomic mass is 10.2. The van der Waals surface area contributed by atoms with Gasteiger partial charge in [0.25, 0.3) is 0 Å². The summed E-state index contributed by atoms with van der Waals surface area (Å²) in [4.78, 5) is 10.9. The second kappa shape index (κ2) is 4.60. The van der Waals surface area contributed by atoms with Crippen molar-refractivity contribution in [3.63, 3.8) is 0 Å². The normalized spacial score (nSPS) is 9.86. The molecule has 0 aliphatic carbocycles. The SMILES string of the molecule is CCC(=O)NCc1ccc(O)c(F)c1. The van der Waals surface area contributed by atoms with Crippen molar-refractivity contribution in [2.75, 3.05) is 0 Å². The van der Waals surface area contributed by atoms with E-state index >= 15 is 0 Å². The molecule has 2 N–H and O–H groups in total. The quantitative estimate of drug-likeness (QED) is 0.772. The van der Waals surface area contributed by atoms with Crippen molar-refractivity contribution >= 4 is 5.91 Å². The zero-order chi connectivity index (χ0) is 10.6. The predicted molar refractivity (Wildman–Crippen MR) is 50.2 cm³/mol. The highest BCUT2D eigenvalue weighted by Crippen LogP contribution is 2.15. The highest BCUT2D eigenvalue weighted by Gasteiger charge is 2.02. The lowest BCUT2D eigenvalue weighted by Gasteiger charge is -2.04. The van der Waals surface area contributed by atoms with E-state index in [-0.39, 0.29) is 18.2 Å². The van der Waals surface area contributed by atoms with E-state index in [0.29, 0.717) is 12.0 Å². The van der Waals surface area contributed by atoms with Crippen molar-refractivity contribution in [2.24, 2.45) is 0 Å². The van der Waals surface area contributed by atoms with E-state index in [0.717, 1.165) is 0 Å². The zero-order valence-corrected chi connectivity index (χ0v) is 7.88. The highest BCUT2D eigenvalue weighted by atomic mass is 19.1. The molecule has 76 valence electrons. The minimum Gasteiger partial charge on any atom is -0.505 e. The van der Waals surface area contributed by atoms with Gasteiger partial charge in [-0.25, -0.2) is 4.39 Å². The Kier molecular flexibility index (Phi) is 3.45. The minimum absolute atomic E-state index is 0.0847. The van der Waals surface area contributed by atoms with Crippen molar-refractivity contribution in [2.45, 2.75) is 19.9 Å². The van der Waals surface area contributed by atoms with Gasteiger partial charge in [-0.2, -0.15) is 0 Å². The Labute approximate surface area is 81.6 Å². The summed E-state index contributed by atoms with van der Waals surface area (Å²) in [6.45, 7) is 2.02. The van der Waals surface area contributed by atoms with Crippen molar-refractivity contribution in [3.8, 4) is 5.75 Å². The van der Waals surface area contributed by atoms with E-state index < -0.39 is 5.82 Å². The number of hydrogen-bond acceptors (Lipinski definition) is 2. The third-order valence-electron chi connectivity index (χ3n) is 1.82. The Hall–Kier alpha value is -1.58. The van der Waals surface area contributed by atoms with Crippen LogP contribution in [0.4, 0.5) is 4.39 Å². The van der Waals surface area contributed by atoms with Crippen LogP contribution in [0.1, 0.15) is 18.9 Å². The van der Waals surface area contributed by atoms with Crippen LogP contribution in [0.15, 0.2) is 18.2 Å². The molecule has 0 unspecified atom stereocenters. The lowest BCUT2D eigenvalue weighted by molar-refractivity contribution is -0.120. The summed E-state index contributed by atoms with van der Waals surface area (Å²) in [7, 11) is 0. The molecule has 14 heavy (non-hydrogen) atoms. The number of carbonyl (C=O) groups excluding carboxylic acids is 1. The van der Waals surface area contributed by atoms with Gasteiger partial charge in [0.2, 0.25) is 5.91 Å². The maximum Gasteiger partial charge on any atom is 0.219 e. The molecule has 0 aliphatic heterocycles. The van der Waals surface area contributed by atoms with E-state index in [4.69, 9.17) is 5.11 Å². The number of carbonyl (C=O) groups is 1. The molecule has 4 heteroatoms. The molecule has 0 bridgehead atoms. The van der Waals surface area contributed by atoms with E-state index in [1.165, 1.54) is 12.1 Å². The fourth-order valence-corrected chi connectivity index (χ4v) is 0.986. The molecule has 1 aromatic carbocycles. The Morgan fingerprint density at radius 1 is 1.57 bits per heavy atom. The molecule has 0 saturated heterocycles. The number of halogens is 1. The monoisotopic (exact) mass is 197 g/mol. The largest absolute Gasteiger partial charge is 0.505 e. The van der Waals surface area contributed by atoms with E-state index in [1.807, 2.05) is 0 Å². The number of aromatic hydroxyl groups is 1. The summed E-state index contributed by atoms with van der Waals surface area (Å²) < 4.78 is 12.8. The van der Waals surface area contributed by atoms with Gasteiger partial charge in [0.05, 0.1) is 0 Å². The second-order valence-electron chi connectivity index (χ2n) is 2.92. The molecule has 1 aromatic rings. The molecule has 0 aliphatic rings. The molecule has 1 amide bonds. The average Bonchev–Trinajstić information content (AvgIpc) is 2.19. The third kappa shape index (κ3) is 2.73. The van der Waals surface area contributed by atoms with Crippen LogP contribution >= 0.6 is 0 Å². The van der Waals surface area contributed by atoms with Crippen molar-refractivity contribution in [1.82, 2.24) is 5.32 Å². The molecular formula is C10H12FNO2. The van der Waals surface area contributed by atoms with E-state index in [9.17, 15) is 9.18 Å². The molecule has 0 atom stereocenters. The summed E-state index contributed by atoms with van der Waals surface area (Å²) in [5, 5.41) is 11.5. The van der Waals surface area contributed by atoms with Crippen LogP contribution < -0.4 is 5.32 Å². The van der Waals surface area contributed by atoms with Gasteiger partial charge in [-0.15, -0.1) is 0 Å². The van der Waals surface area contributed by atoms with Gasteiger partial charge in [-0.05, 0) is 17.7 Å². The molecule has 0 aromatic heterocycles. The number of hydrogen-bond donors (Lipinski definition) is 2. The van der Waals surface area contributed by atoms with Crippen LogP contribution in [-0.2, 0) is 11.3 Å². The summed E-state index contributed by atoms with van der Waals surface area (Å²) in [6, 6.07) is 4.03. The summed E-state index contributed by atoms with van der Waals surface area (Å²) in [5.74, 6) is -1.14. The van der Waals surface area contributed by atoms with Crippen LogP contribution in [0.3, 0.4) is 0 Å². The summed E-state index contributed by atoms with van der Waals surface area (Å²) in [6.07, 6.45) is 0.403. The van der Waals surface area contributed by atoms with E-state index in [1.54, 1.807) is 13.0 Å². The summed E-state index contributed by atoms with van der Waals surface area (Å²) in [5.41, 5.74) is 0.627. The maximum absolute atomic E-state index is 12.8. The highest BCUT2D eigenvalue weighted by molar-refractivity contribution is 5.75. The molecule has 0 spiro atoms. The number of nitrogens with one attached hydrogen (secondary N) is 1. The van der Waals surface area contributed by atoms with Gasteiger partial charge in [-0.1, -0.05) is 13.0 Å². The van der Waals surface area contributed by atoms with Gasteiger partial charge >= 0.3 is 0 Å². The van der Waals surface area contributed by atoms with Crippen LogP contribution in [0, 0.1) is 5.82 Å². The Balaban J connectivity index is 2.60. The second-order valence-corrected chi connectivity index (χ2v) is 2.92. The van der Waals surface area contributed by atoms with Crippen LogP contribution in [0.5, 0.6) is 5.75 Å². The van der Waals surface area contributed by atoms with Crippen molar-refractivity contribution < 1.29 is 14.3 Å². The van der Waals surface area contributed by atoms with Crippen LogP contribution in [-0.4, -0.2) is 11.0 Å². The first-order chi connectivity index (χ1) is 6.63. The van der Waals surface area contributed by atoms with E-state index in [2.05, 4.69) is 5.32 Å². The molecule has 0 heterocycles. The fourth-order valence-electron chi connectivity index (χ4n) is 0.986. The number of benzene rings is 1. The minimum atomic E-state index is -0.673. The molecule has 0 saturated carbocycles. The Bertz CT molecular complexity index is 339. The van der Waals surface area contributed by atoms with Crippen LogP contribution in [0.2, 0.25) is 0 Å². The first-order valence-electron chi connectivity index (χ1n) is 4.37. The number of amides is 1. The average molecular weight is 197 g/mol. The van der Waals surface area contributed by atoms with Gasteiger partial charge in [0.15, 0.2) is 11.6 Å². The lowest BCUT2D eigenvalue weighted by Crippen LogP contribution is -2.21. The van der Waals surface area contributed by atoms with Crippen molar-refractivity contribution in [1.29, 1.82) is 0 Å². The van der Waals surface area contributed by atoms with Gasteiger partial charge in [0.1, 0.15) is 0 Å². The predicted octanol–water partition coefficient (Wildman–Crippen LogP) is 1.56. The number of phenolic OH excluding ortho intramolecular Hbond substituents is 1. The zero-order valence-electron chi connectivity index (χ0n) is 7.88. The molecule has 0 fully saturated rings. The number of rotatable bonds is 3. The van der Waals surface area contributed by atoms with Crippen molar-refractivity contribution in [3.05, 3.63) is 29.6 Å². The smallest absolute Gasteiger partial charge is 0.219 e. The van der Waals surface area contributed by atoms with Gasteiger partial charge < -0.3 is 10.4 Å². The third-order valence-corrected chi connectivity index (χ3v) is 1.82. The molecular weight excluding hydrogens is 185 g/mol. The first kappa shape index (κ1) is 10.5. The molecule has 3 nitrogen and oxygen atoms in total. The van der Waals surface area contributed by atoms with Gasteiger partial charge in [0, 0.05) is 13.0 Å². The maximum atomic E-state index is 12.8. The van der Waals surface area contributed by atoms with Gasteiger partial charge in [-0.3, -0.25) is 4.79 Å². The first-order valence-corrected chi connectivity index (χ1v) is 4.37. The standard InChI is InChI=1S/C10H12FNO2/c1-2-10(14)12-6-7-3-4-9(13)8(11)5-7/h3-5,13H,2,6H2,1H3,(H,12,14). The molecule has 1 rings (SSSR count). The summed E-state index contributed by atoms with van der Waals surface area (Å²) >= 11 is 0. The molecule has 0 radical (unpaired) electrons. The Morgan fingerprint density at radius 2 is 2.29 bits per heavy atom. The number of phenols is 1. The fraction of sp³-hybridized carbons (Fsp3) is 0.300. The topological polar surface area (TPSA) is 49.3 Å². The Morgan fingerprint density at radius 3 is 2.86 bits per heavy atom. The van der Waals surface area contributed by atoms with Crippen LogP contribution in [0.25, 0.3) is 0 Å².